The van der Waals surface area contributed by atoms with Crippen LogP contribution in [0.4, 0.5) is 5.69 Å². The SMILES string of the molecule is CCCCNC(=O)C(Cc1ccccc1)N(Cc1ccc(Br)cc1)C(=O)CN(c1ccc2c(c1)OCCO2)S(=O)(=O)CC. The molecule has 1 heterocycles. The van der Waals surface area contributed by atoms with Gasteiger partial charge in [-0.05, 0) is 48.7 Å². The summed E-state index contributed by atoms with van der Waals surface area (Å²) >= 11 is 3.45. The lowest BCUT2D eigenvalue weighted by Gasteiger charge is -2.34. The molecule has 1 unspecified atom stereocenters. The maximum atomic E-state index is 14.3. The summed E-state index contributed by atoms with van der Waals surface area (Å²) in [5.41, 5.74) is 1.98. The van der Waals surface area contributed by atoms with Gasteiger partial charge < -0.3 is 19.7 Å². The van der Waals surface area contributed by atoms with Gasteiger partial charge in [-0.1, -0.05) is 71.7 Å². The summed E-state index contributed by atoms with van der Waals surface area (Å²) < 4.78 is 40.0. The number of benzene rings is 3. The van der Waals surface area contributed by atoms with E-state index in [1.807, 2.05) is 61.5 Å². The van der Waals surface area contributed by atoms with Crippen molar-refractivity contribution in [1.82, 2.24) is 10.2 Å². The second kappa shape index (κ2) is 15.2. The molecule has 0 bridgehead atoms. The topological polar surface area (TPSA) is 105 Å². The molecular weight excluding hydrogens is 634 g/mol. The van der Waals surface area contributed by atoms with E-state index in [1.165, 1.54) is 11.8 Å². The lowest BCUT2D eigenvalue weighted by molar-refractivity contribution is -0.140. The molecule has 0 aromatic heterocycles. The van der Waals surface area contributed by atoms with Crippen molar-refractivity contribution >= 4 is 43.5 Å². The number of rotatable bonds is 14. The average Bonchev–Trinajstić information content (AvgIpc) is 3.02. The molecule has 4 rings (SSSR count). The van der Waals surface area contributed by atoms with Gasteiger partial charge in [0, 0.05) is 30.0 Å². The number of ether oxygens (including phenoxy) is 2. The van der Waals surface area contributed by atoms with E-state index in [4.69, 9.17) is 9.47 Å². The minimum Gasteiger partial charge on any atom is -0.486 e. The molecule has 1 aliphatic rings. The molecule has 0 saturated heterocycles. The molecular formula is C32H38BrN3O6S. The van der Waals surface area contributed by atoms with Crippen LogP contribution in [0.3, 0.4) is 0 Å². The number of anilines is 1. The molecule has 0 radical (unpaired) electrons. The summed E-state index contributed by atoms with van der Waals surface area (Å²) in [6.45, 7) is 4.42. The number of nitrogens with one attached hydrogen (secondary N) is 1. The summed E-state index contributed by atoms with van der Waals surface area (Å²) in [4.78, 5) is 29.5. The molecule has 3 aromatic rings. The number of carbonyl (C=O) groups is 2. The zero-order chi connectivity index (χ0) is 30.8. The standard InChI is InChI=1S/C32H38BrN3O6S/c1-3-5-17-34-32(38)28(20-24-9-7-6-8-10-24)35(22-25-11-13-26(33)14-12-25)31(37)23-36(43(39,40)4-2)27-15-16-29-30(21-27)42-19-18-41-29/h6-16,21,28H,3-5,17-20,22-23H2,1-2H3,(H,34,38). The van der Waals surface area contributed by atoms with E-state index in [0.29, 0.717) is 31.3 Å². The van der Waals surface area contributed by atoms with Crippen LogP contribution in [0.15, 0.2) is 77.3 Å². The molecule has 0 saturated carbocycles. The largest absolute Gasteiger partial charge is 0.486 e. The van der Waals surface area contributed by atoms with Crippen molar-refractivity contribution in [3.8, 4) is 11.5 Å². The molecule has 43 heavy (non-hydrogen) atoms. The number of fused-ring (bicyclic) bond motifs is 1. The molecule has 1 N–H and O–H groups in total. The Hall–Kier alpha value is -3.57. The first-order valence-electron chi connectivity index (χ1n) is 14.5. The van der Waals surface area contributed by atoms with Crippen molar-refractivity contribution in [3.63, 3.8) is 0 Å². The van der Waals surface area contributed by atoms with Crippen LogP contribution in [0.25, 0.3) is 0 Å². The molecule has 230 valence electrons. The minimum atomic E-state index is -3.89. The van der Waals surface area contributed by atoms with E-state index >= 15 is 0 Å². The Morgan fingerprint density at radius 2 is 1.63 bits per heavy atom. The van der Waals surface area contributed by atoms with Gasteiger partial charge in [0.1, 0.15) is 25.8 Å². The Morgan fingerprint density at radius 3 is 2.30 bits per heavy atom. The average molecular weight is 673 g/mol. The van der Waals surface area contributed by atoms with Crippen LogP contribution >= 0.6 is 15.9 Å². The first-order valence-corrected chi connectivity index (χ1v) is 16.9. The molecule has 2 amide bonds. The molecule has 0 fully saturated rings. The Bertz CT molecular complexity index is 1480. The molecule has 3 aromatic carbocycles. The molecule has 0 spiro atoms. The first kappa shape index (κ1) is 32.3. The van der Waals surface area contributed by atoms with Gasteiger partial charge >= 0.3 is 0 Å². The lowest BCUT2D eigenvalue weighted by Crippen LogP contribution is -2.53. The van der Waals surface area contributed by atoms with Gasteiger partial charge in [-0.15, -0.1) is 0 Å². The van der Waals surface area contributed by atoms with Crippen molar-refractivity contribution in [2.75, 3.05) is 36.4 Å². The van der Waals surface area contributed by atoms with Gasteiger partial charge in [0.2, 0.25) is 21.8 Å². The van der Waals surface area contributed by atoms with Gasteiger partial charge in [-0.3, -0.25) is 13.9 Å². The monoisotopic (exact) mass is 671 g/mol. The maximum absolute atomic E-state index is 14.3. The van der Waals surface area contributed by atoms with Gasteiger partial charge in [-0.2, -0.15) is 0 Å². The summed E-state index contributed by atoms with van der Waals surface area (Å²) in [5, 5.41) is 2.99. The Morgan fingerprint density at radius 1 is 0.930 bits per heavy atom. The van der Waals surface area contributed by atoms with E-state index in [-0.39, 0.29) is 30.3 Å². The Labute approximate surface area is 262 Å². The summed E-state index contributed by atoms with van der Waals surface area (Å²) in [6, 6.07) is 20.9. The summed E-state index contributed by atoms with van der Waals surface area (Å²) in [6.07, 6.45) is 1.98. The van der Waals surface area contributed by atoms with Gasteiger partial charge in [0.15, 0.2) is 11.5 Å². The molecule has 1 aliphatic heterocycles. The molecule has 1 atom stereocenters. The second-order valence-electron chi connectivity index (χ2n) is 10.2. The third-order valence-corrected chi connectivity index (χ3v) is 9.43. The van der Waals surface area contributed by atoms with Crippen molar-refractivity contribution in [1.29, 1.82) is 0 Å². The highest BCUT2D eigenvalue weighted by Gasteiger charge is 2.34. The number of hydrogen-bond acceptors (Lipinski definition) is 6. The van der Waals surface area contributed by atoms with E-state index in [9.17, 15) is 18.0 Å². The summed E-state index contributed by atoms with van der Waals surface area (Å²) in [7, 11) is -3.89. The predicted molar refractivity (Wildman–Crippen MR) is 171 cm³/mol. The maximum Gasteiger partial charge on any atom is 0.244 e. The van der Waals surface area contributed by atoms with E-state index in [2.05, 4.69) is 21.2 Å². The zero-order valence-electron chi connectivity index (χ0n) is 24.5. The van der Waals surface area contributed by atoms with Crippen LogP contribution in [0.2, 0.25) is 0 Å². The third kappa shape index (κ3) is 8.73. The van der Waals surface area contributed by atoms with Crippen molar-refractivity contribution in [2.24, 2.45) is 0 Å². The number of sulfonamides is 1. The summed E-state index contributed by atoms with van der Waals surface area (Å²) in [5.74, 6) is -0.0737. The highest BCUT2D eigenvalue weighted by Crippen LogP contribution is 2.35. The predicted octanol–water partition coefficient (Wildman–Crippen LogP) is 4.93. The van der Waals surface area contributed by atoms with Crippen LogP contribution in [0.1, 0.15) is 37.8 Å². The third-order valence-electron chi connectivity index (χ3n) is 7.16. The first-order chi connectivity index (χ1) is 20.7. The number of halogens is 1. The fourth-order valence-electron chi connectivity index (χ4n) is 4.75. The molecule has 9 nitrogen and oxygen atoms in total. The molecule has 0 aliphatic carbocycles. The number of carbonyl (C=O) groups excluding carboxylic acids is 2. The number of amides is 2. The highest BCUT2D eigenvalue weighted by molar-refractivity contribution is 9.10. The fourth-order valence-corrected chi connectivity index (χ4v) is 6.07. The van der Waals surface area contributed by atoms with E-state index in [1.54, 1.807) is 18.2 Å². The normalized spacial score (nSPS) is 13.2. The molecule has 11 heteroatoms. The van der Waals surface area contributed by atoms with Crippen LogP contribution in [0.5, 0.6) is 11.5 Å². The minimum absolute atomic E-state index is 0.117. The number of unbranched alkanes of at least 4 members (excludes halogenated alkanes) is 1. The van der Waals surface area contributed by atoms with E-state index in [0.717, 1.165) is 32.7 Å². The highest BCUT2D eigenvalue weighted by atomic mass is 79.9. The van der Waals surface area contributed by atoms with E-state index < -0.39 is 28.5 Å². The van der Waals surface area contributed by atoms with Crippen molar-refractivity contribution in [2.45, 2.75) is 45.7 Å². The quantitative estimate of drug-likeness (QED) is 0.244. The van der Waals surface area contributed by atoms with Gasteiger partial charge in [0.25, 0.3) is 0 Å². The van der Waals surface area contributed by atoms with Crippen LogP contribution in [0, 0.1) is 0 Å². The fraction of sp³-hybridized carbons (Fsp3) is 0.375. The number of nitrogens with zero attached hydrogens (tertiary/aromatic N) is 2. The van der Waals surface area contributed by atoms with Gasteiger partial charge in [-0.25, -0.2) is 8.42 Å². The van der Waals surface area contributed by atoms with Crippen molar-refractivity contribution < 1.29 is 27.5 Å². The Balaban J connectivity index is 1.72. The Kier molecular flexibility index (Phi) is 11.5. The number of hydrogen-bond donors (Lipinski definition) is 1. The smallest absolute Gasteiger partial charge is 0.244 e. The van der Waals surface area contributed by atoms with Gasteiger partial charge in [0.05, 0.1) is 11.4 Å². The van der Waals surface area contributed by atoms with Crippen LogP contribution in [-0.4, -0.2) is 63.2 Å². The van der Waals surface area contributed by atoms with Crippen LogP contribution < -0.4 is 19.1 Å². The van der Waals surface area contributed by atoms with Crippen molar-refractivity contribution in [3.05, 3.63) is 88.4 Å². The second-order valence-corrected chi connectivity index (χ2v) is 13.3. The zero-order valence-corrected chi connectivity index (χ0v) is 26.9. The lowest BCUT2D eigenvalue weighted by atomic mass is 10.0. The van der Waals surface area contributed by atoms with Crippen LogP contribution in [-0.2, 0) is 32.6 Å².